The minimum absolute atomic E-state index is 0.0955. The molecule has 0 aromatic rings. The number of carbonyl (C=O) groups is 3. The van der Waals surface area contributed by atoms with Crippen LogP contribution in [-0.2, 0) is 28.6 Å². The lowest BCUT2D eigenvalue weighted by Gasteiger charge is -2.18. The van der Waals surface area contributed by atoms with Crippen LogP contribution in [0, 0.1) is 0 Å². The molecule has 396 valence electrons. The van der Waals surface area contributed by atoms with Gasteiger partial charge >= 0.3 is 17.9 Å². The zero-order valence-corrected chi connectivity index (χ0v) is 45.3. The predicted octanol–water partition coefficient (Wildman–Crippen LogP) is 19.5. The predicted molar refractivity (Wildman–Crippen MR) is 297 cm³/mol. The molecular formula is C63H108O6. The van der Waals surface area contributed by atoms with Crippen LogP contribution in [0.3, 0.4) is 0 Å². The van der Waals surface area contributed by atoms with Crippen molar-refractivity contribution < 1.29 is 28.6 Å². The van der Waals surface area contributed by atoms with E-state index in [1.165, 1.54) is 141 Å². The van der Waals surface area contributed by atoms with Crippen LogP contribution in [0.1, 0.15) is 278 Å². The summed E-state index contributed by atoms with van der Waals surface area (Å²) in [6.45, 7) is 6.47. The summed E-state index contributed by atoms with van der Waals surface area (Å²) in [5, 5.41) is 0. The molecule has 0 aliphatic heterocycles. The Balaban J connectivity index is 4.46. The second-order valence-electron chi connectivity index (χ2n) is 19.2. The maximum absolute atomic E-state index is 12.9. The molecule has 6 heteroatoms. The van der Waals surface area contributed by atoms with E-state index >= 15 is 0 Å². The third kappa shape index (κ3) is 55.4. The van der Waals surface area contributed by atoms with Crippen LogP contribution < -0.4 is 0 Å². The van der Waals surface area contributed by atoms with Crippen molar-refractivity contribution in [3.8, 4) is 0 Å². The second kappa shape index (κ2) is 57.2. The van der Waals surface area contributed by atoms with Crippen LogP contribution in [0.5, 0.6) is 0 Å². The summed E-state index contributed by atoms with van der Waals surface area (Å²) >= 11 is 0. The van der Waals surface area contributed by atoms with Crippen molar-refractivity contribution in [2.24, 2.45) is 0 Å². The Morgan fingerprint density at radius 2 is 0.580 bits per heavy atom. The van der Waals surface area contributed by atoms with Gasteiger partial charge in [0, 0.05) is 19.3 Å². The first kappa shape index (κ1) is 65.6. The van der Waals surface area contributed by atoms with Gasteiger partial charge in [-0.2, -0.15) is 0 Å². The molecule has 0 aromatic carbocycles. The summed E-state index contributed by atoms with van der Waals surface area (Å²) in [7, 11) is 0. The van der Waals surface area contributed by atoms with Crippen molar-refractivity contribution in [1.82, 2.24) is 0 Å². The Bertz CT molecular complexity index is 1330. The molecule has 0 rings (SSSR count). The van der Waals surface area contributed by atoms with Crippen molar-refractivity contribution in [3.05, 3.63) is 85.1 Å². The van der Waals surface area contributed by atoms with Gasteiger partial charge in [-0.25, -0.2) is 0 Å². The molecule has 0 radical (unpaired) electrons. The number of unbranched alkanes of at least 4 members (excludes halogenated alkanes) is 27. The molecule has 0 N–H and O–H groups in total. The summed E-state index contributed by atoms with van der Waals surface area (Å²) < 4.78 is 16.8. The SMILES string of the molecule is CC/C=C\C/C=C\C/C=C\C/C=C\C/C=C\CCCC(=O)OCC(COC(=O)CCCCCCCCCCCCCCCCCCC)OC(=O)CCCCCCCCC/C=C\C/C=C\CCCCC. The Kier molecular flexibility index (Phi) is 54.3. The van der Waals surface area contributed by atoms with E-state index in [1.54, 1.807) is 0 Å². The molecule has 0 saturated heterocycles. The minimum Gasteiger partial charge on any atom is -0.462 e. The highest BCUT2D eigenvalue weighted by atomic mass is 16.6. The Hall–Kier alpha value is -3.41. The molecule has 0 bridgehead atoms. The average Bonchev–Trinajstić information content (AvgIpc) is 3.35. The zero-order chi connectivity index (χ0) is 50.0. The molecule has 0 heterocycles. The number of hydrogen-bond donors (Lipinski definition) is 0. The first-order valence-corrected chi connectivity index (χ1v) is 29.1. The van der Waals surface area contributed by atoms with Crippen LogP contribution in [0.2, 0.25) is 0 Å². The third-order valence-electron chi connectivity index (χ3n) is 12.4. The van der Waals surface area contributed by atoms with Gasteiger partial charge < -0.3 is 14.2 Å². The fourth-order valence-corrected chi connectivity index (χ4v) is 8.04. The fourth-order valence-electron chi connectivity index (χ4n) is 8.04. The number of carbonyl (C=O) groups excluding carboxylic acids is 3. The van der Waals surface area contributed by atoms with Gasteiger partial charge in [-0.15, -0.1) is 0 Å². The summed E-state index contributed by atoms with van der Waals surface area (Å²) in [6.07, 6.45) is 74.3. The number of hydrogen-bond acceptors (Lipinski definition) is 6. The smallest absolute Gasteiger partial charge is 0.306 e. The lowest BCUT2D eigenvalue weighted by molar-refractivity contribution is -0.167. The van der Waals surface area contributed by atoms with Crippen molar-refractivity contribution in [1.29, 1.82) is 0 Å². The highest BCUT2D eigenvalue weighted by Crippen LogP contribution is 2.16. The van der Waals surface area contributed by atoms with Crippen LogP contribution >= 0.6 is 0 Å². The number of ether oxygens (including phenoxy) is 3. The first-order chi connectivity index (χ1) is 34.0. The molecule has 0 aliphatic rings. The van der Waals surface area contributed by atoms with Crippen LogP contribution in [-0.4, -0.2) is 37.2 Å². The maximum Gasteiger partial charge on any atom is 0.306 e. The Morgan fingerprint density at radius 3 is 0.971 bits per heavy atom. The van der Waals surface area contributed by atoms with Crippen LogP contribution in [0.4, 0.5) is 0 Å². The van der Waals surface area contributed by atoms with Gasteiger partial charge in [0.2, 0.25) is 0 Å². The standard InChI is InChI=1S/C63H108O6/c1-4-7-10-13-16-19-22-25-28-31-34-37-40-43-46-49-52-55-61(64)67-58-60(69-63(66)57-54-51-48-45-42-39-36-33-30-27-24-21-18-15-12-9-6-3)59-68-62(65)56-53-50-47-44-41-38-35-32-29-26-23-20-17-14-11-8-5-2/h7,10,16,18-19,21,25,27-28,30,34,37,43,46,60H,4-6,8-9,11-15,17,20,22-24,26,29,31-33,35-36,38-42,44-45,47-59H2,1-3H3/b10-7-,19-16-,21-18-,28-25-,30-27-,37-34-,46-43-. The Labute approximate surface area is 426 Å². The van der Waals surface area contributed by atoms with Crippen molar-refractivity contribution in [2.75, 3.05) is 13.2 Å². The summed E-state index contributed by atoms with van der Waals surface area (Å²) in [5.41, 5.74) is 0. The normalized spacial score (nSPS) is 12.7. The molecule has 0 spiro atoms. The molecule has 0 amide bonds. The van der Waals surface area contributed by atoms with E-state index < -0.39 is 6.10 Å². The molecule has 1 atom stereocenters. The summed E-state index contributed by atoms with van der Waals surface area (Å²) in [4.78, 5) is 38.2. The van der Waals surface area contributed by atoms with Gasteiger partial charge in [-0.05, 0) is 89.9 Å². The quantitative estimate of drug-likeness (QED) is 0.0262. The van der Waals surface area contributed by atoms with E-state index in [1.807, 2.05) is 0 Å². The lowest BCUT2D eigenvalue weighted by Crippen LogP contribution is -2.30. The Morgan fingerprint density at radius 1 is 0.304 bits per heavy atom. The number of esters is 3. The van der Waals surface area contributed by atoms with Gasteiger partial charge in [-0.3, -0.25) is 14.4 Å². The molecule has 0 saturated carbocycles. The summed E-state index contributed by atoms with van der Waals surface area (Å²) in [5.74, 6) is -0.956. The number of rotatable bonds is 52. The minimum atomic E-state index is -0.803. The first-order valence-electron chi connectivity index (χ1n) is 29.1. The molecule has 6 nitrogen and oxygen atoms in total. The summed E-state index contributed by atoms with van der Waals surface area (Å²) in [6, 6.07) is 0. The molecule has 1 unspecified atom stereocenters. The van der Waals surface area contributed by atoms with Gasteiger partial charge in [0.15, 0.2) is 6.10 Å². The van der Waals surface area contributed by atoms with E-state index in [4.69, 9.17) is 14.2 Å². The molecule has 69 heavy (non-hydrogen) atoms. The van der Waals surface area contributed by atoms with Gasteiger partial charge in [0.25, 0.3) is 0 Å². The second-order valence-corrected chi connectivity index (χ2v) is 19.2. The van der Waals surface area contributed by atoms with E-state index in [0.717, 1.165) is 89.9 Å². The third-order valence-corrected chi connectivity index (χ3v) is 12.4. The maximum atomic E-state index is 12.9. The van der Waals surface area contributed by atoms with Gasteiger partial charge in [0.05, 0.1) is 0 Å². The van der Waals surface area contributed by atoms with Crippen molar-refractivity contribution in [2.45, 2.75) is 284 Å². The lowest BCUT2D eigenvalue weighted by atomic mass is 10.0. The molecular weight excluding hydrogens is 853 g/mol. The zero-order valence-electron chi connectivity index (χ0n) is 45.3. The van der Waals surface area contributed by atoms with E-state index in [0.29, 0.717) is 19.3 Å². The molecule has 0 aromatic heterocycles. The average molecular weight is 962 g/mol. The van der Waals surface area contributed by atoms with Crippen molar-refractivity contribution >= 4 is 17.9 Å². The molecule has 0 aliphatic carbocycles. The van der Waals surface area contributed by atoms with Crippen LogP contribution in [0.15, 0.2) is 85.1 Å². The highest BCUT2D eigenvalue weighted by Gasteiger charge is 2.19. The van der Waals surface area contributed by atoms with E-state index in [-0.39, 0.29) is 37.5 Å². The van der Waals surface area contributed by atoms with E-state index in [9.17, 15) is 14.4 Å². The van der Waals surface area contributed by atoms with Crippen molar-refractivity contribution in [3.63, 3.8) is 0 Å². The number of allylic oxidation sites excluding steroid dienone is 14. The monoisotopic (exact) mass is 961 g/mol. The fraction of sp³-hybridized carbons (Fsp3) is 0.730. The van der Waals surface area contributed by atoms with Gasteiger partial charge in [0.1, 0.15) is 13.2 Å². The largest absolute Gasteiger partial charge is 0.462 e. The molecule has 0 fully saturated rings. The topological polar surface area (TPSA) is 78.9 Å². The van der Waals surface area contributed by atoms with Crippen LogP contribution in [0.25, 0.3) is 0 Å². The van der Waals surface area contributed by atoms with Gasteiger partial charge in [-0.1, -0.05) is 254 Å². The van der Waals surface area contributed by atoms with E-state index in [2.05, 4.69) is 106 Å². The highest BCUT2D eigenvalue weighted by molar-refractivity contribution is 5.71.